The molecule has 8 heteroatoms. The fourth-order valence-corrected chi connectivity index (χ4v) is 2.03. The van der Waals surface area contributed by atoms with E-state index in [1.54, 1.807) is 0 Å². The van der Waals surface area contributed by atoms with Gasteiger partial charge in [0.1, 0.15) is 0 Å². The molecule has 0 fully saturated rings. The number of H-pyrrole nitrogens is 1. The maximum atomic E-state index is 11.9. The average molecular weight is 291 g/mol. The largest absolute Gasteiger partial charge is 0.478 e. The van der Waals surface area contributed by atoms with Gasteiger partial charge in [0.05, 0.1) is 16.6 Å². The van der Waals surface area contributed by atoms with Crippen molar-refractivity contribution >= 4 is 22.9 Å². The van der Waals surface area contributed by atoms with E-state index in [0.717, 1.165) is 4.57 Å². The Kier molecular flexibility index (Phi) is 3.88. The van der Waals surface area contributed by atoms with Crippen LogP contribution < -0.4 is 16.4 Å². The Hall–Kier alpha value is -2.90. The number of carbonyl (C=O) groups excluding carboxylic acids is 1. The second-order valence-corrected chi connectivity index (χ2v) is 4.34. The number of para-hydroxylation sites is 1. The van der Waals surface area contributed by atoms with Crippen molar-refractivity contribution in [2.24, 2.45) is 0 Å². The van der Waals surface area contributed by atoms with Crippen LogP contribution in [-0.4, -0.2) is 33.6 Å². The summed E-state index contributed by atoms with van der Waals surface area (Å²) in [6.07, 6.45) is 0.00621. The number of nitrogens with zero attached hydrogens (tertiary/aromatic N) is 1. The molecule has 0 bridgehead atoms. The normalized spacial score (nSPS) is 10.5. The summed E-state index contributed by atoms with van der Waals surface area (Å²) in [7, 11) is 1.46. The molecule has 0 aliphatic rings. The molecule has 2 aromatic rings. The van der Waals surface area contributed by atoms with Crippen molar-refractivity contribution in [2.45, 2.75) is 13.0 Å². The number of aromatic amines is 1. The summed E-state index contributed by atoms with van der Waals surface area (Å²) >= 11 is 0. The molecular weight excluding hydrogens is 278 g/mol. The Morgan fingerprint density at radius 2 is 2.05 bits per heavy atom. The lowest BCUT2D eigenvalue weighted by Crippen LogP contribution is -2.37. The molecule has 1 amide bonds. The second-order valence-electron chi connectivity index (χ2n) is 4.34. The van der Waals surface area contributed by atoms with E-state index in [9.17, 15) is 19.2 Å². The van der Waals surface area contributed by atoms with Crippen molar-refractivity contribution in [2.75, 3.05) is 7.05 Å². The van der Waals surface area contributed by atoms with Crippen LogP contribution in [0.5, 0.6) is 0 Å². The van der Waals surface area contributed by atoms with Crippen LogP contribution >= 0.6 is 0 Å². The SMILES string of the molecule is CNC(=O)CCn1c(=O)c(=O)[nH]c2c(C(=O)O)cccc21. The molecule has 1 heterocycles. The number of aromatic carboxylic acids is 1. The summed E-state index contributed by atoms with van der Waals surface area (Å²) in [5, 5.41) is 11.5. The van der Waals surface area contributed by atoms with Gasteiger partial charge in [-0.3, -0.25) is 14.4 Å². The monoisotopic (exact) mass is 291 g/mol. The van der Waals surface area contributed by atoms with Crippen molar-refractivity contribution in [1.82, 2.24) is 14.9 Å². The summed E-state index contributed by atoms with van der Waals surface area (Å²) < 4.78 is 1.11. The minimum absolute atomic E-state index is 0.00621. The molecule has 21 heavy (non-hydrogen) atoms. The van der Waals surface area contributed by atoms with E-state index >= 15 is 0 Å². The number of fused-ring (bicyclic) bond motifs is 1. The standard InChI is InChI=1S/C13H13N3O5/c1-14-9(17)5-6-16-8-4-2-3-7(13(20)21)10(8)15-11(18)12(16)19/h2-4H,5-6H2,1H3,(H,14,17)(H,15,18)(H,20,21). The smallest absolute Gasteiger partial charge is 0.337 e. The first-order valence-electron chi connectivity index (χ1n) is 6.15. The fourth-order valence-electron chi connectivity index (χ4n) is 2.03. The van der Waals surface area contributed by atoms with E-state index < -0.39 is 17.1 Å². The van der Waals surface area contributed by atoms with E-state index in [-0.39, 0.29) is 35.5 Å². The molecule has 0 atom stereocenters. The molecule has 2 rings (SSSR count). The predicted molar refractivity (Wildman–Crippen MR) is 74.5 cm³/mol. The zero-order valence-electron chi connectivity index (χ0n) is 11.2. The molecule has 0 aliphatic heterocycles. The van der Waals surface area contributed by atoms with Crippen molar-refractivity contribution in [3.63, 3.8) is 0 Å². The predicted octanol–water partition coefficient (Wildman–Crippen LogP) is -0.476. The van der Waals surface area contributed by atoms with Crippen LogP contribution in [0, 0.1) is 0 Å². The van der Waals surface area contributed by atoms with E-state index in [2.05, 4.69) is 10.3 Å². The van der Waals surface area contributed by atoms with Gasteiger partial charge in [-0.1, -0.05) is 6.07 Å². The van der Waals surface area contributed by atoms with Gasteiger partial charge in [-0.2, -0.15) is 0 Å². The summed E-state index contributed by atoms with van der Waals surface area (Å²) in [5.41, 5.74) is -1.53. The summed E-state index contributed by atoms with van der Waals surface area (Å²) in [6, 6.07) is 4.32. The molecule has 0 unspecified atom stereocenters. The number of benzene rings is 1. The number of hydrogen-bond donors (Lipinski definition) is 3. The average Bonchev–Trinajstić information content (AvgIpc) is 2.46. The number of amides is 1. The van der Waals surface area contributed by atoms with Gasteiger partial charge in [0.2, 0.25) is 5.91 Å². The second kappa shape index (κ2) is 5.61. The van der Waals surface area contributed by atoms with E-state index in [1.807, 2.05) is 0 Å². The Labute approximate surface area is 118 Å². The van der Waals surface area contributed by atoms with Crippen LogP contribution in [0.15, 0.2) is 27.8 Å². The minimum atomic E-state index is -1.22. The van der Waals surface area contributed by atoms with E-state index in [1.165, 1.54) is 25.2 Å². The van der Waals surface area contributed by atoms with Crippen LogP contribution in [0.25, 0.3) is 11.0 Å². The first kappa shape index (κ1) is 14.5. The highest BCUT2D eigenvalue weighted by atomic mass is 16.4. The zero-order valence-corrected chi connectivity index (χ0v) is 11.2. The first-order chi connectivity index (χ1) is 9.95. The maximum absolute atomic E-state index is 11.9. The molecule has 0 aliphatic carbocycles. The number of carboxylic acid groups (broad SMARTS) is 1. The van der Waals surface area contributed by atoms with Gasteiger partial charge in [-0.25, -0.2) is 4.79 Å². The van der Waals surface area contributed by atoms with Crippen molar-refractivity contribution in [1.29, 1.82) is 0 Å². The Bertz CT molecular complexity index is 834. The van der Waals surface area contributed by atoms with Crippen LogP contribution in [0.1, 0.15) is 16.8 Å². The highest BCUT2D eigenvalue weighted by Gasteiger charge is 2.14. The molecule has 8 nitrogen and oxygen atoms in total. The van der Waals surface area contributed by atoms with E-state index in [0.29, 0.717) is 0 Å². The summed E-state index contributed by atoms with van der Waals surface area (Å²) in [5.74, 6) is -1.50. The van der Waals surface area contributed by atoms with Gasteiger partial charge in [0, 0.05) is 20.0 Å². The summed E-state index contributed by atoms with van der Waals surface area (Å²) in [6.45, 7) is -0.0119. The third-order valence-electron chi connectivity index (χ3n) is 3.08. The number of aromatic nitrogens is 2. The molecule has 0 spiro atoms. The number of rotatable bonds is 4. The molecule has 3 N–H and O–H groups in total. The van der Waals surface area contributed by atoms with Gasteiger partial charge in [-0.05, 0) is 12.1 Å². The molecule has 0 radical (unpaired) electrons. The lowest BCUT2D eigenvalue weighted by Gasteiger charge is -2.10. The molecule has 1 aromatic heterocycles. The van der Waals surface area contributed by atoms with Gasteiger partial charge >= 0.3 is 17.1 Å². The molecular formula is C13H13N3O5. The van der Waals surface area contributed by atoms with Crippen molar-refractivity contribution in [3.8, 4) is 0 Å². The molecule has 0 saturated heterocycles. The highest BCUT2D eigenvalue weighted by Crippen LogP contribution is 2.14. The van der Waals surface area contributed by atoms with Gasteiger partial charge in [0.15, 0.2) is 0 Å². The van der Waals surface area contributed by atoms with Crippen molar-refractivity contribution < 1.29 is 14.7 Å². The van der Waals surface area contributed by atoms with Gasteiger partial charge in [0.25, 0.3) is 0 Å². The number of carboxylic acids is 1. The van der Waals surface area contributed by atoms with Crippen LogP contribution in [-0.2, 0) is 11.3 Å². The van der Waals surface area contributed by atoms with Gasteiger partial charge in [-0.15, -0.1) is 0 Å². The number of carbonyl (C=O) groups is 2. The van der Waals surface area contributed by atoms with E-state index in [4.69, 9.17) is 5.11 Å². The van der Waals surface area contributed by atoms with Crippen LogP contribution in [0.4, 0.5) is 0 Å². The fraction of sp³-hybridized carbons (Fsp3) is 0.231. The Morgan fingerprint density at radius 1 is 1.33 bits per heavy atom. The number of hydrogen-bond acceptors (Lipinski definition) is 4. The zero-order chi connectivity index (χ0) is 15.6. The molecule has 110 valence electrons. The maximum Gasteiger partial charge on any atom is 0.337 e. The quantitative estimate of drug-likeness (QED) is 0.657. The Morgan fingerprint density at radius 3 is 2.67 bits per heavy atom. The number of nitrogens with one attached hydrogen (secondary N) is 2. The lowest BCUT2D eigenvalue weighted by molar-refractivity contribution is -0.120. The molecule has 1 aromatic carbocycles. The summed E-state index contributed by atoms with van der Waals surface area (Å²) in [4.78, 5) is 48.3. The van der Waals surface area contributed by atoms with Crippen LogP contribution in [0.2, 0.25) is 0 Å². The molecule has 0 saturated carbocycles. The third-order valence-corrected chi connectivity index (χ3v) is 3.08. The highest BCUT2D eigenvalue weighted by molar-refractivity contribution is 6.00. The van der Waals surface area contributed by atoms with Crippen molar-refractivity contribution in [3.05, 3.63) is 44.5 Å². The first-order valence-corrected chi connectivity index (χ1v) is 6.15. The minimum Gasteiger partial charge on any atom is -0.478 e. The number of aryl methyl sites for hydroxylation is 1. The van der Waals surface area contributed by atoms with Gasteiger partial charge < -0.3 is 20.0 Å². The third kappa shape index (κ3) is 2.69. The van der Waals surface area contributed by atoms with Crippen LogP contribution in [0.3, 0.4) is 0 Å². The Balaban J connectivity index is 2.68. The lowest BCUT2D eigenvalue weighted by atomic mass is 10.1. The topological polar surface area (TPSA) is 121 Å².